The fourth-order valence-corrected chi connectivity index (χ4v) is 4.80. The highest BCUT2D eigenvalue weighted by atomic mass is 32.2. The van der Waals surface area contributed by atoms with Gasteiger partial charge in [-0.2, -0.15) is 0 Å². The van der Waals surface area contributed by atoms with Crippen molar-refractivity contribution in [2.75, 3.05) is 32.1 Å². The zero-order chi connectivity index (χ0) is 22.0. The van der Waals surface area contributed by atoms with Crippen molar-refractivity contribution in [3.8, 4) is 0 Å². The standard InChI is InChI=1S/C24H25N3O3S/c1-16-13-17(9-10-20(16)27-11-4-5-12-27)14-21-22(28)26(2)24(31-21)25-19-8-6-7-18(15-19)23(29)30-3/h6-10,13-15H,4-5,11-12H2,1-3H3. The Labute approximate surface area is 186 Å². The highest BCUT2D eigenvalue weighted by Crippen LogP contribution is 2.34. The van der Waals surface area contributed by atoms with Crippen LogP contribution in [0.4, 0.5) is 11.4 Å². The molecule has 31 heavy (non-hydrogen) atoms. The summed E-state index contributed by atoms with van der Waals surface area (Å²) in [4.78, 5) is 33.7. The van der Waals surface area contributed by atoms with Gasteiger partial charge in [0.25, 0.3) is 5.91 Å². The molecule has 2 aliphatic heterocycles. The van der Waals surface area contributed by atoms with Gasteiger partial charge in [0.05, 0.1) is 23.3 Å². The minimum absolute atomic E-state index is 0.0888. The van der Waals surface area contributed by atoms with E-state index >= 15 is 0 Å². The van der Waals surface area contributed by atoms with Crippen LogP contribution in [0.2, 0.25) is 0 Å². The van der Waals surface area contributed by atoms with Crippen LogP contribution in [0.1, 0.15) is 34.3 Å². The molecule has 1 amide bonds. The summed E-state index contributed by atoms with van der Waals surface area (Å²) in [5, 5.41) is 0.573. The first-order valence-corrected chi connectivity index (χ1v) is 11.1. The number of amidine groups is 1. The summed E-state index contributed by atoms with van der Waals surface area (Å²) in [7, 11) is 3.05. The molecule has 0 spiro atoms. The topological polar surface area (TPSA) is 62.2 Å². The van der Waals surface area contributed by atoms with Gasteiger partial charge >= 0.3 is 5.97 Å². The zero-order valence-electron chi connectivity index (χ0n) is 17.9. The number of nitrogens with zero attached hydrogens (tertiary/aromatic N) is 3. The number of ether oxygens (including phenoxy) is 1. The number of rotatable bonds is 4. The number of carbonyl (C=O) groups excluding carboxylic acids is 2. The average Bonchev–Trinajstić information content (AvgIpc) is 3.39. The van der Waals surface area contributed by atoms with Crippen LogP contribution in [0.15, 0.2) is 52.4 Å². The van der Waals surface area contributed by atoms with Crippen molar-refractivity contribution in [1.82, 2.24) is 4.90 Å². The smallest absolute Gasteiger partial charge is 0.337 e. The first-order valence-electron chi connectivity index (χ1n) is 10.3. The molecular formula is C24H25N3O3S. The number of hydrogen-bond acceptors (Lipinski definition) is 6. The molecule has 0 atom stereocenters. The second kappa shape index (κ2) is 8.98. The van der Waals surface area contributed by atoms with E-state index in [2.05, 4.69) is 35.0 Å². The molecule has 2 aromatic rings. The van der Waals surface area contributed by atoms with E-state index in [1.165, 1.54) is 47.9 Å². The van der Waals surface area contributed by atoms with Crippen molar-refractivity contribution >= 4 is 46.3 Å². The minimum Gasteiger partial charge on any atom is -0.465 e. The van der Waals surface area contributed by atoms with E-state index in [0.29, 0.717) is 21.3 Å². The third kappa shape index (κ3) is 4.51. The van der Waals surface area contributed by atoms with Gasteiger partial charge in [0.15, 0.2) is 5.17 Å². The number of esters is 1. The Morgan fingerprint density at radius 3 is 2.65 bits per heavy atom. The molecule has 0 aromatic heterocycles. The molecule has 0 saturated carbocycles. The highest BCUT2D eigenvalue weighted by molar-refractivity contribution is 8.18. The zero-order valence-corrected chi connectivity index (χ0v) is 18.7. The van der Waals surface area contributed by atoms with Crippen LogP contribution in [-0.2, 0) is 9.53 Å². The summed E-state index contributed by atoms with van der Waals surface area (Å²) in [6, 6.07) is 13.2. The molecule has 2 aliphatic rings. The van der Waals surface area contributed by atoms with E-state index in [-0.39, 0.29) is 5.91 Å². The Morgan fingerprint density at radius 1 is 1.16 bits per heavy atom. The fraction of sp³-hybridized carbons (Fsp3) is 0.292. The van der Waals surface area contributed by atoms with Gasteiger partial charge in [-0.15, -0.1) is 0 Å². The molecule has 0 N–H and O–H groups in total. The van der Waals surface area contributed by atoms with E-state index in [9.17, 15) is 9.59 Å². The average molecular weight is 436 g/mol. The van der Waals surface area contributed by atoms with Gasteiger partial charge in [0.1, 0.15) is 0 Å². The van der Waals surface area contributed by atoms with Crippen molar-refractivity contribution in [2.24, 2.45) is 4.99 Å². The summed E-state index contributed by atoms with van der Waals surface area (Å²) in [6.45, 7) is 4.33. The molecule has 2 fully saturated rings. The maximum absolute atomic E-state index is 12.8. The molecule has 0 unspecified atom stereocenters. The molecule has 4 rings (SSSR count). The van der Waals surface area contributed by atoms with Crippen molar-refractivity contribution in [3.05, 3.63) is 64.1 Å². The van der Waals surface area contributed by atoms with Gasteiger partial charge < -0.3 is 9.64 Å². The van der Waals surface area contributed by atoms with E-state index in [1.807, 2.05) is 6.08 Å². The Bertz CT molecular complexity index is 1090. The van der Waals surface area contributed by atoms with Crippen LogP contribution < -0.4 is 4.90 Å². The number of benzene rings is 2. The second-order valence-electron chi connectivity index (χ2n) is 7.65. The van der Waals surface area contributed by atoms with E-state index in [0.717, 1.165) is 18.7 Å². The number of anilines is 1. The van der Waals surface area contributed by atoms with Crippen molar-refractivity contribution in [2.45, 2.75) is 19.8 Å². The molecule has 6 nitrogen and oxygen atoms in total. The Hall–Kier alpha value is -3.06. The lowest BCUT2D eigenvalue weighted by molar-refractivity contribution is -0.121. The number of hydrogen-bond donors (Lipinski definition) is 0. The minimum atomic E-state index is -0.418. The van der Waals surface area contributed by atoms with Crippen LogP contribution in [0, 0.1) is 6.92 Å². The molecule has 2 heterocycles. The molecule has 7 heteroatoms. The predicted octanol–water partition coefficient (Wildman–Crippen LogP) is 4.62. The Kier molecular flexibility index (Phi) is 6.13. The second-order valence-corrected chi connectivity index (χ2v) is 8.66. The first kappa shape index (κ1) is 21.2. The highest BCUT2D eigenvalue weighted by Gasteiger charge is 2.30. The molecular weight excluding hydrogens is 410 g/mol. The monoisotopic (exact) mass is 435 g/mol. The van der Waals surface area contributed by atoms with Crippen LogP contribution >= 0.6 is 11.8 Å². The summed E-state index contributed by atoms with van der Waals surface area (Å²) in [6.07, 6.45) is 4.40. The van der Waals surface area contributed by atoms with Crippen molar-refractivity contribution < 1.29 is 14.3 Å². The van der Waals surface area contributed by atoms with Crippen LogP contribution in [0.5, 0.6) is 0 Å². The quantitative estimate of drug-likeness (QED) is 0.518. The van der Waals surface area contributed by atoms with Crippen LogP contribution in [0.3, 0.4) is 0 Å². The summed E-state index contributed by atoms with van der Waals surface area (Å²) < 4.78 is 4.76. The van der Waals surface area contributed by atoms with E-state index in [1.54, 1.807) is 31.3 Å². The van der Waals surface area contributed by atoms with Gasteiger partial charge in [0, 0.05) is 25.8 Å². The molecule has 2 aromatic carbocycles. The first-order chi connectivity index (χ1) is 15.0. The number of amides is 1. The Morgan fingerprint density at radius 2 is 1.94 bits per heavy atom. The summed E-state index contributed by atoms with van der Waals surface area (Å²) >= 11 is 1.33. The lowest BCUT2D eigenvalue weighted by Gasteiger charge is -2.20. The molecule has 160 valence electrons. The lowest BCUT2D eigenvalue weighted by Crippen LogP contribution is -2.23. The van der Waals surface area contributed by atoms with Gasteiger partial charge in [-0.1, -0.05) is 12.1 Å². The third-order valence-corrected chi connectivity index (χ3v) is 6.52. The molecule has 2 saturated heterocycles. The lowest BCUT2D eigenvalue weighted by atomic mass is 10.1. The van der Waals surface area contributed by atoms with Gasteiger partial charge in [-0.25, -0.2) is 9.79 Å². The summed E-state index contributed by atoms with van der Waals surface area (Å²) in [5.74, 6) is -0.506. The Balaban J connectivity index is 1.57. The third-order valence-electron chi connectivity index (χ3n) is 5.46. The SMILES string of the molecule is COC(=O)c1cccc(N=C2SC(=Cc3ccc(N4CCCC4)c(C)c3)C(=O)N2C)c1. The predicted molar refractivity (Wildman–Crippen MR) is 126 cm³/mol. The van der Waals surface area contributed by atoms with Gasteiger partial charge in [-0.05, 0) is 79.1 Å². The van der Waals surface area contributed by atoms with Gasteiger partial charge in [-0.3, -0.25) is 9.69 Å². The number of likely N-dealkylation sites (N-methyl/N-ethyl adjacent to an activating group) is 1. The van der Waals surface area contributed by atoms with Gasteiger partial charge in [0.2, 0.25) is 0 Å². The van der Waals surface area contributed by atoms with E-state index < -0.39 is 5.97 Å². The van der Waals surface area contributed by atoms with Crippen molar-refractivity contribution in [1.29, 1.82) is 0 Å². The van der Waals surface area contributed by atoms with Crippen LogP contribution in [-0.4, -0.2) is 49.2 Å². The largest absolute Gasteiger partial charge is 0.465 e. The number of carbonyl (C=O) groups is 2. The van der Waals surface area contributed by atoms with E-state index in [4.69, 9.17) is 4.74 Å². The number of aliphatic imine (C=N–C) groups is 1. The number of methoxy groups -OCH3 is 1. The maximum atomic E-state index is 12.8. The molecule has 0 bridgehead atoms. The molecule has 0 radical (unpaired) electrons. The normalized spacial score (nSPS) is 19.0. The number of thioether (sulfide) groups is 1. The van der Waals surface area contributed by atoms with Crippen LogP contribution in [0.25, 0.3) is 6.08 Å². The number of aryl methyl sites for hydroxylation is 1. The fourth-order valence-electron chi connectivity index (χ4n) is 3.82. The maximum Gasteiger partial charge on any atom is 0.337 e. The van der Waals surface area contributed by atoms with Crippen molar-refractivity contribution in [3.63, 3.8) is 0 Å². The summed E-state index contributed by atoms with van der Waals surface area (Å²) in [5.41, 5.74) is 4.50. The molecule has 0 aliphatic carbocycles.